The highest BCUT2D eigenvalue weighted by molar-refractivity contribution is 9.10. The molecule has 0 radical (unpaired) electrons. The van der Waals surface area contributed by atoms with E-state index in [2.05, 4.69) is 52.2 Å². The average molecular weight is 474 g/mol. The fourth-order valence-electron chi connectivity index (χ4n) is 2.98. The first-order chi connectivity index (χ1) is 13.9. The lowest BCUT2D eigenvalue weighted by Gasteiger charge is -2.07. The van der Waals surface area contributed by atoms with Crippen molar-refractivity contribution in [3.63, 3.8) is 0 Å². The van der Waals surface area contributed by atoms with Crippen molar-refractivity contribution in [2.75, 3.05) is 5.32 Å². The third kappa shape index (κ3) is 4.09. The highest BCUT2D eigenvalue weighted by Crippen LogP contribution is 2.32. The molecule has 0 aliphatic heterocycles. The van der Waals surface area contributed by atoms with E-state index in [1.807, 2.05) is 12.1 Å². The molecule has 1 atom stereocenters. The molecule has 0 bridgehead atoms. The van der Waals surface area contributed by atoms with Crippen molar-refractivity contribution >= 4 is 50.2 Å². The molecule has 4 aromatic rings. The molecule has 0 aliphatic carbocycles. The standard InChI is InChI=1S/C22H18BrClN2O3/c1-3-12(2)13-5-7-18-17(10-13)26-22(29-18)14-4-6-15(24)16(11-14)25-21(27)19-8-9-20(23)28-19/h4-12H,3H2,1-2H3,(H,25,27). The smallest absolute Gasteiger partial charge is 0.291 e. The number of halogens is 2. The van der Waals surface area contributed by atoms with E-state index in [0.29, 0.717) is 38.3 Å². The Morgan fingerprint density at radius 3 is 2.72 bits per heavy atom. The maximum Gasteiger partial charge on any atom is 0.291 e. The minimum atomic E-state index is -0.398. The van der Waals surface area contributed by atoms with Crippen molar-refractivity contribution in [1.29, 1.82) is 0 Å². The molecular formula is C22H18BrClN2O3. The van der Waals surface area contributed by atoms with E-state index in [9.17, 15) is 4.79 Å². The molecule has 2 heterocycles. The van der Waals surface area contributed by atoms with E-state index in [-0.39, 0.29) is 5.76 Å². The van der Waals surface area contributed by atoms with Gasteiger partial charge in [-0.3, -0.25) is 4.79 Å². The molecule has 0 spiro atoms. The first kappa shape index (κ1) is 19.7. The van der Waals surface area contributed by atoms with Crippen LogP contribution in [-0.2, 0) is 0 Å². The summed E-state index contributed by atoms with van der Waals surface area (Å²) in [6, 6.07) is 14.5. The van der Waals surface area contributed by atoms with E-state index in [1.165, 1.54) is 5.56 Å². The van der Waals surface area contributed by atoms with E-state index in [0.717, 1.165) is 11.9 Å². The van der Waals surface area contributed by atoms with Gasteiger partial charge < -0.3 is 14.2 Å². The number of nitrogens with zero attached hydrogens (tertiary/aromatic N) is 1. The number of furan rings is 1. The van der Waals surface area contributed by atoms with Crippen molar-refractivity contribution in [3.05, 3.63) is 69.5 Å². The van der Waals surface area contributed by atoms with Crippen LogP contribution in [0.4, 0.5) is 5.69 Å². The minimum Gasteiger partial charge on any atom is -0.444 e. The van der Waals surface area contributed by atoms with E-state index in [1.54, 1.807) is 24.3 Å². The lowest BCUT2D eigenvalue weighted by molar-refractivity contribution is 0.0995. The number of anilines is 1. The summed E-state index contributed by atoms with van der Waals surface area (Å²) in [5, 5.41) is 3.17. The minimum absolute atomic E-state index is 0.179. The Balaban J connectivity index is 1.65. The summed E-state index contributed by atoms with van der Waals surface area (Å²) in [5.74, 6) is 0.705. The van der Waals surface area contributed by atoms with Crippen LogP contribution in [-0.4, -0.2) is 10.9 Å². The molecule has 1 N–H and O–H groups in total. The molecule has 148 valence electrons. The molecule has 1 unspecified atom stereocenters. The SMILES string of the molecule is CCC(C)c1ccc2oc(-c3ccc(Cl)c(NC(=O)c4ccc(Br)o4)c3)nc2c1. The zero-order valence-corrected chi connectivity index (χ0v) is 18.2. The van der Waals surface area contributed by atoms with Gasteiger partial charge in [0.05, 0.1) is 10.7 Å². The Morgan fingerprint density at radius 2 is 2.00 bits per heavy atom. The van der Waals surface area contributed by atoms with Gasteiger partial charge in [0, 0.05) is 5.56 Å². The second kappa shape index (κ2) is 8.05. The van der Waals surface area contributed by atoms with Crippen molar-refractivity contribution in [1.82, 2.24) is 4.98 Å². The highest BCUT2D eigenvalue weighted by atomic mass is 79.9. The van der Waals surface area contributed by atoms with Crippen LogP contribution in [0.2, 0.25) is 5.02 Å². The third-order valence-electron chi connectivity index (χ3n) is 4.85. The number of aromatic nitrogens is 1. The van der Waals surface area contributed by atoms with Crippen LogP contribution in [0.1, 0.15) is 42.3 Å². The number of fused-ring (bicyclic) bond motifs is 1. The summed E-state index contributed by atoms with van der Waals surface area (Å²) in [6.07, 6.45) is 1.06. The summed E-state index contributed by atoms with van der Waals surface area (Å²) in [4.78, 5) is 17.0. The van der Waals surface area contributed by atoms with E-state index in [4.69, 9.17) is 20.4 Å². The molecule has 29 heavy (non-hydrogen) atoms. The normalized spacial score (nSPS) is 12.3. The van der Waals surface area contributed by atoms with Gasteiger partial charge in [0.2, 0.25) is 5.89 Å². The number of hydrogen-bond donors (Lipinski definition) is 1. The second-order valence-corrected chi connectivity index (χ2v) is 8.00. The maximum atomic E-state index is 12.4. The fraction of sp³-hybridized carbons (Fsp3) is 0.182. The molecule has 1 amide bonds. The first-order valence-electron chi connectivity index (χ1n) is 9.21. The van der Waals surface area contributed by atoms with Gasteiger partial charge in [-0.05, 0) is 76.3 Å². The number of benzene rings is 2. The lowest BCUT2D eigenvalue weighted by Crippen LogP contribution is -2.11. The van der Waals surface area contributed by atoms with Crippen molar-refractivity contribution < 1.29 is 13.6 Å². The molecule has 0 aliphatic rings. The number of carbonyl (C=O) groups is 1. The van der Waals surface area contributed by atoms with Gasteiger partial charge in [-0.2, -0.15) is 0 Å². The van der Waals surface area contributed by atoms with Crippen LogP contribution in [0, 0.1) is 0 Å². The number of hydrogen-bond acceptors (Lipinski definition) is 4. The topological polar surface area (TPSA) is 68.3 Å². The Morgan fingerprint density at radius 1 is 1.17 bits per heavy atom. The summed E-state index contributed by atoms with van der Waals surface area (Å²) in [6.45, 7) is 4.35. The Bertz CT molecular complexity index is 1200. The Hall–Kier alpha value is -2.57. The Kier molecular flexibility index (Phi) is 5.48. The quantitative estimate of drug-likeness (QED) is 0.331. The maximum absolute atomic E-state index is 12.4. The summed E-state index contributed by atoms with van der Waals surface area (Å²) in [7, 11) is 0. The van der Waals surface area contributed by atoms with Crippen LogP contribution >= 0.6 is 27.5 Å². The summed E-state index contributed by atoms with van der Waals surface area (Å²) in [5.41, 5.74) is 3.91. The van der Waals surface area contributed by atoms with Gasteiger partial charge in [-0.25, -0.2) is 4.98 Å². The predicted molar refractivity (Wildman–Crippen MR) is 118 cm³/mol. The lowest BCUT2D eigenvalue weighted by atomic mass is 9.98. The summed E-state index contributed by atoms with van der Waals surface area (Å²) < 4.78 is 11.7. The van der Waals surface area contributed by atoms with Gasteiger partial charge in [0.15, 0.2) is 16.0 Å². The van der Waals surface area contributed by atoms with Crippen LogP contribution in [0.25, 0.3) is 22.6 Å². The second-order valence-electron chi connectivity index (χ2n) is 6.81. The van der Waals surface area contributed by atoms with Crippen molar-refractivity contribution in [2.24, 2.45) is 0 Å². The fourth-order valence-corrected chi connectivity index (χ4v) is 3.46. The number of amides is 1. The van der Waals surface area contributed by atoms with Crippen molar-refractivity contribution in [3.8, 4) is 11.5 Å². The predicted octanol–water partition coefficient (Wildman–Crippen LogP) is 7.27. The van der Waals surface area contributed by atoms with Gasteiger partial charge >= 0.3 is 0 Å². The number of oxazole rings is 1. The van der Waals surface area contributed by atoms with Gasteiger partial charge in [-0.1, -0.05) is 31.5 Å². The van der Waals surface area contributed by atoms with Crippen LogP contribution < -0.4 is 5.32 Å². The first-order valence-corrected chi connectivity index (χ1v) is 10.4. The molecule has 0 saturated heterocycles. The molecule has 7 heteroatoms. The highest BCUT2D eigenvalue weighted by Gasteiger charge is 2.16. The molecule has 4 rings (SSSR count). The van der Waals surface area contributed by atoms with Crippen LogP contribution in [0.15, 0.2) is 62.0 Å². The van der Waals surface area contributed by atoms with Gasteiger partial charge in [0.1, 0.15) is 5.52 Å². The summed E-state index contributed by atoms with van der Waals surface area (Å²) >= 11 is 9.45. The molecule has 5 nitrogen and oxygen atoms in total. The zero-order valence-electron chi connectivity index (χ0n) is 15.8. The van der Waals surface area contributed by atoms with Crippen LogP contribution in [0.3, 0.4) is 0 Å². The molecule has 0 saturated carbocycles. The molecule has 2 aromatic carbocycles. The third-order valence-corrected chi connectivity index (χ3v) is 5.61. The van der Waals surface area contributed by atoms with Crippen molar-refractivity contribution in [2.45, 2.75) is 26.2 Å². The number of rotatable bonds is 5. The van der Waals surface area contributed by atoms with E-state index < -0.39 is 5.91 Å². The number of nitrogens with one attached hydrogen (secondary N) is 1. The van der Waals surface area contributed by atoms with Gasteiger partial charge in [-0.15, -0.1) is 0 Å². The largest absolute Gasteiger partial charge is 0.444 e. The van der Waals surface area contributed by atoms with E-state index >= 15 is 0 Å². The zero-order chi connectivity index (χ0) is 20.5. The monoisotopic (exact) mass is 472 g/mol. The van der Waals surface area contributed by atoms with Gasteiger partial charge in [0.25, 0.3) is 5.91 Å². The molecule has 2 aromatic heterocycles. The average Bonchev–Trinajstić information content (AvgIpc) is 3.34. The molecule has 0 fully saturated rings. The van der Waals surface area contributed by atoms with Crippen LogP contribution in [0.5, 0.6) is 0 Å². The molecular weight excluding hydrogens is 456 g/mol. The number of carbonyl (C=O) groups excluding carboxylic acids is 1. The Labute approximate surface area is 181 Å².